The molecule has 0 aliphatic rings. The molecule has 680 valence electrons. The molecule has 0 amide bonds. The third-order valence-electron chi connectivity index (χ3n) is 29.6. The molecule has 0 saturated carbocycles. The second kappa shape index (κ2) is 35.4. The first-order valence-corrected chi connectivity index (χ1v) is 49.8. The van der Waals surface area contributed by atoms with E-state index in [1.165, 1.54) is 192 Å². The number of hydrogen-bond donors (Lipinski definition) is 0. The summed E-state index contributed by atoms with van der Waals surface area (Å²) in [6.07, 6.45) is 17.0. The average Bonchev–Trinajstić information content (AvgIpc) is 1.01. The highest BCUT2D eigenvalue weighted by molar-refractivity contribution is 6.26. The van der Waals surface area contributed by atoms with Crippen molar-refractivity contribution in [2.75, 3.05) is 0 Å². The molecule has 0 aliphatic heterocycles. The zero-order chi connectivity index (χ0) is 96.2. The van der Waals surface area contributed by atoms with E-state index >= 15 is 0 Å². The molecule has 0 N–H and O–H groups in total. The normalized spacial score (nSPS) is 11.7. The van der Waals surface area contributed by atoms with Gasteiger partial charge in [0.05, 0.1) is 22.8 Å². The van der Waals surface area contributed by atoms with Crippen LogP contribution < -0.4 is 0 Å². The number of pyridine rings is 4. The van der Waals surface area contributed by atoms with Crippen LogP contribution in [-0.2, 0) is 0 Å². The van der Waals surface area contributed by atoms with Crippen molar-refractivity contribution in [1.82, 2.24) is 37.5 Å². The van der Waals surface area contributed by atoms with Crippen LogP contribution in [0.1, 0.15) is 0 Å². The molecule has 21 aromatic carbocycles. The first kappa shape index (κ1) is 84.5. The Morgan fingerprint density at radius 2 is 0.295 bits per heavy atom. The molecular weight excluding hydrogens is 1770 g/mol. The number of rotatable bonds is 15. The lowest BCUT2D eigenvalue weighted by Crippen LogP contribution is -1.92. The fourth-order valence-corrected chi connectivity index (χ4v) is 22.7. The Hall–Kier alpha value is -19.5. The number of aromatic nitrogens is 8. The smallest absolute Gasteiger partial charge is 0.138 e. The molecule has 146 heavy (non-hydrogen) atoms. The summed E-state index contributed by atoms with van der Waals surface area (Å²) in [5.74, 6) is 0. The van der Waals surface area contributed by atoms with E-state index in [1.807, 2.05) is 30.5 Å². The molecule has 0 unspecified atom stereocenters. The quantitative estimate of drug-likeness (QED) is 0.0959. The van der Waals surface area contributed by atoms with Crippen LogP contribution >= 0.6 is 0 Å². The SMILES string of the molecule is c1ccc(-c2ccc3nc(-c4ccc(-c5c6ccccc6c(-c6ccc(-c7c8ccccc8c(-c8ccc(-c9cn%10cc(-c%11ccccc%11)ccc%10n9)cc8)c8ccccc78)cc6)c6ccccc56)cc4)cn3c2)cc1.c1ccc(-c2ccn3cc(-c4ccc(-c5c6ccccc6c(-c6ccc(-c7c8ccccc8c(-c8ccc(-c9cn%10ccccc%10n9)cc8)c8ccccc78)cc6)c6ccccc56)cc4)nc3c2)cc1. The number of hydrogen-bond acceptors (Lipinski definition) is 4. The maximum absolute atomic E-state index is 5.07. The molecule has 29 aromatic rings. The van der Waals surface area contributed by atoms with Crippen LogP contribution in [0.5, 0.6) is 0 Å². The van der Waals surface area contributed by atoms with Crippen LogP contribution in [0.25, 0.3) is 276 Å². The molecule has 8 nitrogen and oxygen atoms in total. The van der Waals surface area contributed by atoms with Gasteiger partial charge in [-0.3, -0.25) is 0 Å². The largest absolute Gasteiger partial charge is 0.306 e. The van der Waals surface area contributed by atoms with Crippen molar-refractivity contribution in [2.45, 2.75) is 0 Å². The van der Waals surface area contributed by atoms with Crippen molar-refractivity contribution in [1.29, 1.82) is 0 Å². The average molecular weight is 1860 g/mol. The number of nitrogens with zero attached hydrogens (tertiary/aromatic N) is 8. The van der Waals surface area contributed by atoms with E-state index in [1.54, 1.807) is 0 Å². The summed E-state index contributed by atoms with van der Waals surface area (Å²) in [6.45, 7) is 0. The Balaban J connectivity index is 0.000000142. The number of imidazole rings is 4. The van der Waals surface area contributed by atoms with Gasteiger partial charge in [0.15, 0.2) is 0 Å². The number of benzene rings is 21. The summed E-state index contributed by atoms with van der Waals surface area (Å²) >= 11 is 0. The van der Waals surface area contributed by atoms with Crippen molar-refractivity contribution in [3.05, 3.63) is 535 Å². The van der Waals surface area contributed by atoms with Gasteiger partial charge in [0.25, 0.3) is 0 Å². The zero-order valence-electron chi connectivity index (χ0n) is 79.4. The van der Waals surface area contributed by atoms with Crippen molar-refractivity contribution < 1.29 is 0 Å². The Labute approximate surface area is 842 Å². The maximum Gasteiger partial charge on any atom is 0.138 e. The lowest BCUT2D eigenvalue weighted by atomic mass is 9.84. The van der Waals surface area contributed by atoms with Crippen LogP contribution in [0.3, 0.4) is 0 Å². The topological polar surface area (TPSA) is 69.2 Å². The molecule has 0 radical (unpaired) electrons. The van der Waals surface area contributed by atoms with Crippen LogP contribution in [0.15, 0.2) is 535 Å². The molecule has 8 aromatic heterocycles. The first-order valence-electron chi connectivity index (χ1n) is 49.8. The van der Waals surface area contributed by atoms with Gasteiger partial charge in [0.2, 0.25) is 0 Å². The monoisotopic (exact) mass is 1860 g/mol. The predicted octanol–water partition coefficient (Wildman–Crippen LogP) is 36.2. The van der Waals surface area contributed by atoms with Crippen molar-refractivity contribution in [2.24, 2.45) is 0 Å². The van der Waals surface area contributed by atoms with Crippen molar-refractivity contribution in [3.8, 4) is 167 Å². The van der Waals surface area contributed by atoms with E-state index in [2.05, 4.69) is 522 Å². The van der Waals surface area contributed by atoms with E-state index in [4.69, 9.17) is 19.9 Å². The van der Waals surface area contributed by atoms with Gasteiger partial charge in [0, 0.05) is 71.8 Å². The van der Waals surface area contributed by atoms with E-state index in [0.29, 0.717) is 0 Å². The molecule has 8 heteroatoms. The van der Waals surface area contributed by atoms with Gasteiger partial charge < -0.3 is 17.6 Å². The molecule has 0 bridgehead atoms. The summed E-state index contributed by atoms with van der Waals surface area (Å²) in [4.78, 5) is 20.0. The van der Waals surface area contributed by atoms with Gasteiger partial charge >= 0.3 is 0 Å². The minimum Gasteiger partial charge on any atom is -0.306 e. The summed E-state index contributed by atoms with van der Waals surface area (Å²) in [7, 11) is 0. The van der Waals surface area contributed by atoms with Crippen molar-refractivity contribution >= 4 is 109 Å². The van der Waals surface area contributed by atoms with Gasteiger partial charge in [-0.1, -0.05) is 437 Å². The number of fused-ring (bicyclic) bond motifs is 12. The Morgan fingerprint density at radius 1 is 0.110 bits per heavy atom. The summed E-state index contributed by atoms with van der Waals surface area (Å²) < 4.78 is 8.44. The third kappa shape index (κ3) is 14.8. The molecular formula is C138H88N8. The minimum absolute atomic E-state index is 0.927. The lowest BCUT2D eigenvalue weighted by Gasteiger charge is -2.19. The summed E-state index contributed by atoms with van der Waals surface area (Å²) in [5.41, 5.74) is 38.4. The van der Waals surface area contributed by atoms with Gasteiger partial charge in [-0.05, 0) is 257 Å². The van der Waals surface area contributed by atoms with Gasteiger partial charge in [-0.15, -0.1) is 0 Å². The van der Waals surface area contributed by atoms with E-state index < -0.39 is 0 Å². The first-order chi connectivity index (χ1) is 72.4. The van der Waals surface area contributed by atoms with E-state index in [0.717, 1.165) is 84.3 Å². The highest BCUT2D eigenvalue weighted by Gasteiger charge is 2.26. The van der Waals surface area contributed by atoms with E-state index in [-0.39, 0.29) is 0 Å². The highest BCUT2D eigenvalue weighted by atomic mass is 15.0. The fraction of sp³-hybridized carbons (Fsp3) is 0. The minimum atomic E-state index is 0.927. The second-order valence-corrected chi connectivity index (χ2v) is 37.9. The maximum atomic E-state index is 5.07. The summed E-state index contributed by atoms with van der Waals surface area (Å²) in [5, 5.41) is 19.7. The van der Waals surface area contributed by atoms with Gasteiger partial charge in [-0.2, -0.15) is 0 Å². The van der Waals surface area contributed by atoms with Crippen LogP contribution in [-0.4, -0.2) is 37.5 Å². The zero-order valence-corrected chi connectivity index (χ0v) is 79.4. The van der Waals surface area contributed by atoms with Crippen LogP contribution in [0.4, 0.5) is 0 Å². The van der Waals surface area contributed by atoms with Gasteiger partial charge in [-0.25, -0.2) is 19.9 Å². The Morgan fingerprint density at radius 3 is 0.534 bits per heavy atom. The van der Waals surface area contributed by atoms with E-state index in [9.17, 15) is 0 Å². The molecule has 8 heterocycles. The van der Waals surface area contributed by atoms with Gasteiger partial charge in [0.1, 0.15) is 22.6 Å². The molecule has 0 aliphatic carbocycles. The van der Waals surface area contributed by atoms with Crippen molar-refractivity contribution in [3.63, 3.8) is 0 Å². The van der Waals surface area contributed by atoms with Crippen LogP contribution in [0, 0.1) is 0 Å². The lowest BCUT2D eigenvalue weighted by molar-refractivity contribution is 1.19. The molecule has 0 atom stereocenters. The van der Waals surface area contributed by atoms with Crippen LogP contribution in [0.2, 0.25) is 0 Å². The predicted molar refractivity (Wildman–Crippen MR) is 609 cm³/mol. The third-order valence-corrected chi connectivity index (χ3v) is 29.6. The fourth-order valence-electron chi connectivity index (χ4n) is 22.7. The standard InChI is InChI=1S/C72H46N4.C66H42N4/c1-3-15-47(16-4-1)55-39-41-67-73-65(45-75(67)43-55)49-27-31-51(32-28-49)69-57-19-7-11-23-61(57)71(62-24-12-8-20-58(62)69)53-35-37-54(38-36-53)72-63-25-13-9-21-59(63)70(60-22-10-14-26-64(60)72)52-33-29-50(30-34-52)66-46-76-44-56(40-42-68(76)74-66)48-17-5-2-6-18-48;1-2-14-43(15-3-1)50-37-39-70-42-60(68-62(70)40-50)45-27-31-47(32-28-45)64-53-18-6-10-22-57(53)66(58-23-11-7-19-54(58)64)49-35-33-48(34-36-49)65-55-20-8-4-16-51(55)63(52-17-5-9-21-56(52)65)46-29-25-44(26-30-46)59-41-69-38-13-12-24-61(69)67-59/h1-46H;1-42H. The Bertz CT molecular complexity index is 9630. The second-order valence-electron chi connectivity index (χ2n) is 37.9. The molecule has 0 spiro atoms. The highest BCUT2D eigenvalue weighted by Crippen LogP contribution is 2.52. The molecule has 0 fully saturated rings. The Kier molecular flexibility index (Phi) is 20.5. The molecule has 0 saturated heterocycles. The summed E-state index contributed by atoms with van der Waals surface area (Å²) in [6, 6.07) is 176. The molecule has 29 rings (SSSR count).